The Morgan fingerprint density at radius 2 is 1.88 bits per heavy atom. The van der Waals surface area contributed by atoms with E-state index in [4.69, 9.17) is 19.8 Å². The van der Waals surface area contributed by atoms with Crippen LogP contribution in [0.2, 0.25) is 0 Å². The molecule has 0 atom stereocenters. The van der Waals surface area contributed by atoms with Gasteiger partial charge >= 0.3 is 0 Å². The third-order valence-electron chi connectivity index (χ3n) is 6.18. The zero-order chi connectivity index (χ0) is 24.4. The van der Waals surface area contributed by atoms with E-state index >= 15 is 0 Å². The number of nitrogen functional groups attached to an aromatic ring is 1. The molecule has 6 rings (SSSR count). The molecule has 0 amide bonds. The van der Waals surface area contributed by atoms with Gasteiger partial charge in [0.15, 0.2) is 0 Å². The first kappa shape index (κ1) is 15.9. The van der Waals surface area contributed by atoms with Gasteiger partial charge in [0.25, 0.3) is 0 Å². The molecule has 1 fully saturated rings. The van der Waals surface area contributed by atoms with E-state index in [1.165, 1.54) is 0 Å². The molecule has 2 aromatic carbocycles. The number of fused-ring (bicyclic) bond motifs is 2. The lowest BCUT2D eigenvalue weighted by atomic mass is 9.72. The average Bonchev–Trinajstić information content (AvgIpc) is 3.22. The zero-order valence-corrected chi connectivity index (χ0v) is 17.2. The summed E-state index contributed by atoms with van der Waals surface area (Å²) in [5.41, 5.74) is 9.48. The van der Waals surface area contributed by atoms with Crippen molar-refractivity contribution in [2.75, 3.05) is 5.73 Å². The van der Waals surface area contributed by atoms with Crippen molar-refractivity contribution in [2.24, 2.45) is 0 Å². The van der Waals surface area contributed by atoms with Crippen LogP contribution >= 0.6 is 0 Å². The first-order valence-corrected chi connectivity index (χ1v) is 10.5. The minimum Gasteiger partial charge on any atom is -0.390 e. The molecule has 1 saturated carbocycles. The summed E-state index contributed by atoms with van der Waals surface area (Å²) >= 11 is 0. The predicted octanol–water partition coefficient (Wildman–Crippen LogP) is 4.82. The second-order valence-corrected chi connectivity index (χ2v) is 8.46. The predicted molar refractivity (Wildman–Crippen MR) is 126 cm³/mol. The van der Waals surface area contributed by atoms with Gasteiger partial charge in [-0.2, -0.15) is 0 Å². The Morgan fingerprint density at radius 1 is 1.06 bits per heavy atom. The van der Waals surface area contributed by atoms with Crippen molar-refractivity contribution in [1.82, 2.24) is 19.4 Å². The molecule has 6 heteroatoms. The van der Waals surface area contributed by atoms with Gasteiger partial charge in [0, 0.05) is 38.9 Å². The second kappa shape index (κ2) is 6.87. The number of benzene rings is 2. The number of nitrogens with zero attached hydrogens (tertiary/aromatic N) is 4. The molecule has 158 valence electrons. The third kappa shape index (κ3) is 3.03. The van der Waals surface area contributed by atoms with E-state index in [1.54, 1.807) is 12.4 Å². The molecule has 0 bridgehead atoms. The fraction of sp³-hybridized carbons (Fsp3) is 0.192. The summed E-state index contributed by atoms with van der Waals surface area (Å²) < 4.78 is 24.8. The minimum absolute atomic E-state index is 0.115. The van der Waals surface area contributed by atoms with Crippen molar-refractivity contribution in [2.45, 2.75) is 31.2 Å². The highest BCUT2D eigenvalue weighted by molar-refractivity contribution is 5.91. The number of aromatic nitrogens is 4. The number of pyridine rings is 1. The van der Waals surface area contributed by atoms with Crippen LogP contribution < -0.4 is 5.73 Å². The first-order chi connectivity index (χ1) is 16.7. The SMILES string of the molecule is [2H]C([2H])([2H])C1(O)CC(c2nc(-c3ccc4ccc(-c5ccccc5)nc4c3)c3c(N)nccn23)C1. The Bertz CT molecular complexity index is 1570. The van der Waals surface area contributed by atoms with Crippen LogP contribution in [0.4, 0.5) is 5.82 Å². The van der Waals surface area contributed by atoms with E-state index in [0.29, 0.717) is 22.9 Å². The monoisotopic (exact) mass is 424 g/mol. The summed E-state index contributed by atoms with van der Waals surface area (Å²) in [5.74, 6) is 0.800. The van der Waals surface area contributed by atoms with Crippen molar-refractivity contribution in [3.05, 3.63) is 78.9 Å². The molecule has 0 aliphatic heterocycles. The second-order valence-electron chi connectivity index (χ2n) is 8.46. The van der Waals surface area contributed by atoms with Crippen LogP contribution in [-0.2, 0) is 0 Å². The van der Waals surface area contributed by atoms with E-state index in [9.17, 15) is 5.11 Å². The lowest BCUT2D eigenvalue weighted by Crippen LogP contribution is -2.40. The number of aliphatic hydroxyl groups is 1. The number of anilines is 1. The number of nitrogens with two attached hydrogens (primary N) is 1. The van der Waals surface area contributed by atoms with Crippen molar-refractivity contribution in [3.63, 3.8) is 0 Å². The Morgan fingerprint density at radius 3 is 2.69 bits per heavy atom. The fourth-order valence-corrected chi connectivity index (χ4v) is 4.55. The van der Waals surface area contributed by atoms with E-state index < -0.39 is 12.5 Å². The van der Waals surface area contributed by atoms with Gasteiger partial charge in [-0.1, -0.05) is 48.5 Å². The summed E-state index contributed by atoms with van der Waals surface area (Å²) in [6.45, 7) is -2.43. The molecule has 32 heavy (non-hydrogen) atoms. The first-order valence-electron chi connectivity index (χ1n) is 12.0. The Labute approximate surface area is 189 Å². The lowest BCUT2D eigenvalue weighted by molar-refractivity contribution is -0.0335. The van der Waals surface area contributed by atoms with Crippen molar-refractivity contribution in [3.8, 4) is 22.5 Å². The molecule has 3 N–H and O–H groups in total. The van der Waals surface area contributed by atoms with Gasteiger partial charge in [0.05, 0.1) is 16.8 Å². The summed E-state index contributed by atoms with van der Waals surface area (Å²) in [7, 11) is 0. The Balaban J connectivity index is 1.46. The largest absolute Gasteiger partial charge is 0.390 e. The van der Waals surface area contributed by atoms with Gasteiger partial charge in [0.1, 0.15) is 22.9 Å². The maximum atomic E-state index is 10.5. The summed E-state index contributed by atoms with van der Waals surface area (Å²) in [5, 5.41) is 11.5. The summed E-state index contributed by atoms with van der Waals surface area (Å²) in [4.78, 5) is 14.0. The topological polar surface area (TPSA) is 89.3 Å². The highest BCUT2D eigenvalue weighted by Crippen LogP contribution is 2.45. The van der Waals surface area contributed by atoms with E-state index in [1.807, 2.05) is 65.1 Å². The number of rotatable bonds is 3. The zero-order valence-electron chi connectivity index (χ0n) is 20.2. The maximum absolute atomic E-state index is 10.5. The van der Waals surface area contributed by atoms with Crippen LogP contribution in [0.5, 0.6) is 0 Å². The molecule has 0 spiro atoms. The smallest absolute Gasteiger partial charge is 0.150 e. The molecule has 0 unspecified atom stereocenters. The molecule has 0 saturated heterocycles. The normalized spacial score (nSPS) is 22.3. The molecule has 3 aromatic heterocycles. The van der Waals surface area contributed by atoms with Crippen LogP contribution in [0.15, 0.2) is 73.1 Å². The molecular weight excluding hydrogens is 398 g/mol. The Kier molecular flexibility index (Phi) is 3.42. The summed E-state index contributed by atoms with van der Waals surface area (Å²) in [6.07, 6.45) is 3.60. The average molecular weight is 425 g/mol. The molecular formula is C26H23N5O. The molecule has 6 nitrogen and oxygen atoms in total. The maximum Gasteiger partial charge on any atom is 0.150 e. The van der Waals surface area contributed by atoms with Crippen LogP contribution in [-0.4, -0.2) is 30.1 Å². The molecule has 1 aliphatic carbocycles. The molecule has 0 radical (unpaired) electrons. The summed E-state index contributed by atoms with van der Waals surface area (Å²) in [6, 6.07) is 20.0. The fourth-order valence-electron chi connectivity index (χ4n) is 4.55. The van der Waals surface area contributed by atoms with Gasteiger partial charge in [-0.05, 0) is 31.8 Å². The van der Waals surface area contributed by atoms with Crippen LogP contribution in [0.25, 0.3) is 38.9 Å². The number of hydrogen-bond donors (Lipinski definition) is 2. The molecule has 1 aliphatic rings. The van der Waals surface area contributed by atoms with Crippen LogP contribution in [0, 0.1) is 0 Å². The quantitative estimate of drug-likeness (QED) is 0.433. The van der Waals surface area contributed by atoms with E-state index in [-0.39, 0.29) is 18.8 Å². The molecule has 3 heterocycles. The van der Waals surface area contributed by atoms with Crippen LogP contribution in [0.1, 0.15) is 35.5 Å². The van der Waals surface area contributed by atoms with Crippen molar-refractivity contribution in [1.29, 1.82) is 0 Å². The van der Waals surface area contributed by atoms with E-state index in [2.05, 4.69) is 4.98 Å². The standard InChI is InChI=1S/C26H23N5O/c1-26(32)14-19(15-26)25-30-22(23-24(27)28-11-12-31(23)25)18-8-7-17-9-10-20(29-21(17)13-18)16-5-3-2-4-6-16/h2-13,19,32H,14-15H2,1H3,(H2,27,28)/i1D3. The Hall–Kier alpha value is -3.77. The van der Waals surface area contributed by atoms with Gasteiger partial charge in [0.2, 0.25) is 0 Å². The van der Waals surface area contributed by atoms with Gasteiger partial charge in [-0.15, -0.1) is 0 Å². The van der Waals surface area contributed by atoms with Crippen molar-refractivity contribution >= 4 is 22.2 Å². The van der Waals surface area contributed by atoms with Crippen molar-refractivity contribution < 1.29 is 9.22 Å². The van der Waals surface area contributed by atoms with Gasteiger partial charge < -0.3 is 10.8 Å². The van der Waals surface area contributed by atoms with Gasteiger partial charge in [-0.25, -0.2) is 15.0 Å². The molecule has 5 aromatic rings. The minimum atomic E-state index is -2.43. The number of imidazole rings is 1. The highest BCUT2D eigenvalue weighted by Gasteiger charge is 2.41. The third-order valence-corrected chi connectivity index (χ3v) is 6.18. The highest BCUT2D eigenvalue weighted by atomic mass is 16.3. The number of hydrogen-bond acceptors (Lipinski definition) is 5. The van der Waals surface area contributed by atoms with Crippen LogP contribution in [0.3, 0.4) is 0 Å². The lowest BCUT2D eigenvalue weighted by Gasteiger charge is -2.40. The van der Waals surface area contributed by atoms with Gasteiger partial charge in [-0.3, -0.25) is 4.40 Å². The van der Waals surface area contributed by atoms with E-state index in [0.717, 1.165) is 27.7 Å².